The summed E-state index contributed by atoms with van der Waals surface area (Å²) in [4.78, 5) is 15.5. The lowest BCUT2D eigenvalue weighted by atomic mass is 9.88. The fraction of sp³-hybridized carbons (Fsp3) is 0.500. The van der Waals surface area contributed by atoms with Crippen LogP contribution >= 0.6 is 11.6 Å². The maximum absolute atomic E-state index is 12.5. The molecule has 19 heavy (non-hydrogen) atoms. The number of anilines is 1. The molecule has 1 aromatic rings. The van der Waals surface area contributed by atoms with Crippen LogP contribution in [0.5, 0.6) is 0 Å². The number of amides is 2. The van der Waals surface area contributed by atoms with Gasteiger partial charge >= 0.3 is 6.03 Å². The predicted octanol–water partition coefficient (Wildman–Crippen LogP) is 3.09. The highest BCUT2D eigenvalue weighted by molar-refractivity contribution is 6.33. The average Bonchev–Trinajstić information content (AvgIpc) is 2.27. The summed E-state index contributed by atoms with van der Waals surface area (Å²) in [6.45, 7) is 5.51. The quantitative estimate of drug-likeness (QED) is 0.860. The predicted molar refractivity (Wildman–Crippen MR) is 76.4 cm³/mol. The second kappa shape index (κ2) is 4.39. The van der Waals surface area contributed by atoms with Crippen molar-refractivity contribution in [2.45, 2.75) is 38.5 Å². The third-order valence-corrected chi connectivity index (χ3v) is 4.05. The van der Waals surface area contributed by atoms with Crippen molar-refractivity contribution in [3.8, 4) is 0 Å². The maximum Gasteiger partial charge on any atom is 0.327 e. The van der Waals surface area contributed by atoms with Gasteiger partial charge in [0.1, 0.15) is 5.72 Å². The summed E-state index contributed by atoms with van der Waals surface area (Å²) in [5, 5.41) is 11.1. The highest BCUT2D eigenvalue weighted by Gasteiger charge is 2.49. The first-order valence-corrected chi connectivity index (χ1v) is 6.59. The molecule has 0 aliphatic carbocycles. The van der Waals surface area contributed by atoms with Crippen LogP contribution in [0.25, 0.3) is 0 Å². The number of urea groups is 1. The molecular weight excluding hydrogens is 264 g/mol. The molecule has 1 aliphatic rings. The Labute approximate surface area is 118 Å². The van der Waals surface area contributed by atoms with Gasteiger partial charge in [0.25, 0.3) is 0 Å². The van der Waals surface area contributed by atoms with E-state index in [9.17, 15) is 9.90 Å². The lowest BCUT2D eigenvalue weighted by molar-refractivity contribution is -0.0182. The van der Waals surface area contributed by atoms with E-state index in [0.29, 0.717) is 17.1 Å². The fourth-order valence-corrected chi connectivity index (χ4v) is 2.85. The van der Waals surface area contributed by atoms with E-state index in [2.05, 4.69) is 0 Å². The molecular formula is C14H19ClN2O2. The lowest BCUT2D eigenvalue weighted by Crippen LogP contribution is -2.67. The normalized spacial score (nSPS) is 26.7. The SMILES string of the molecule is CN1C(=O)N(c2ccccc2Cl)C(C)(O)CC1(C)C. The minimum absolute atomic E-state index is 0.255. The van der Waals surface area contributed by atoms with E-state index in [1.807, 2.05) is 13.8 Å². The molecule has 104 valence electrons. The standard InChI is InChI=1S/C14H19ClN2O2/c1-13(2)9-14(3,19)17(12(18)16(13)4)11-8-6-5-7-10(11)15/h5-8,19H,9H2,1-4H3. The summed E-state index contributed by atoms with van der Waals surface area (Å²) >= 11 is 6.15. The molecule has 1 atom stereocenters. The highest BCUT2D eigenvalue weighted by atomic mass is 35.5. The zero-order chi connectivity index (χ0) is 14.4. The first-order chi connectivity index (χ1) is 8.67. The van der Waals surface area contributed by atoms with Crippen LogP contribution in [-0.2, 0) is 0 Å². The van der Waals surface area contributed by atoms with Crippen LogP contribution < -0.4 is 4.90 Å². The summed E-state index contributed by atoms with van der Waals surface area (Å²) in [5.74, 6) is 0. The molecule has 0 saturated carbocycles. The van der Waals surface area contributed by atoms with E-state index in [4.69, 9.17) is 11.6 Å². The van der Waals surface area contributed by atoms with Gasteiger partial charge in [0.05, 0.1) is 10.7 Å². The molecule has 2 amide bonds. The molecule has 0 bridgehead atoms. The summed E-state index contributed by atoms with van der Waals surface area (Å²) in [6.07, 6.45) is 0.438. The molecule has 4 nitrogen and oxygen atoms in total. The summed E-state index contributed by atoms with van der Waals surface area (Å²) in [5.41, 5.74) is -1.14. The third-order valence-electron chi connectivity index (χ3n) is 3.73. The van der Waals surface area contributed by atoms with Gasteiger partial charge in [0.2, 0.25) is 0 Å². The lowest BCUT2D eigenvalue weighted by Gasteiger charge is -2.52. The van der Waals surface area contributed by atoms with Gasteiger partial charge in [-0.2, -0.15) is 0 Å². The van der Waals surface area contributed by atoms with Crippen LogP contribution in [0.1, 0.15) is 27.2 Å². The Kier molecular flexibility index (Phi) is 3.27. The second-order valence-corrected chi connectivity index (χ2v) is 6.24. The maximum atomic E-state index is 12.5. The van der Waals surface area contributed by atoms with Crippen molar-refractivity contribution in [1.82, 2.24) is 4.90 Å². The molecule has 0 aromatic heterocycles. The molecule has 1 heterocycles. The first-order valence-electron chi connectivity index (χ1n) is 6.22. The topological polar surface area (TPSA) is 43.8 Å². The van der Waals surface area contributed by atoms with Gasteiger partial charge < -0.3 is 10.0 Å². The Morgan fingerprint density at radius 2 is 1.84 bits per heavy atom. The first kappa shape index (κ1) is 14.2. The number of carbonyl (C=O) groups excluding carboxylic acids is 1. The van der Waals surface area contributed by atoms with E-state index < -0.39 is 11.3 Å². The Morgan fingerprint density at radius 3 is 2.42 bits per heavy atom. The van der Waals surface area contributed by atoms with Gasteiger partial charge in [-0.1, -0.05) is 23.7 Å². The molecule has 2 rings (SSSR count). The Hall–Kier alpha value is -1.26. The van der Waals surface area contributed by atoms with Crippen LogP contribution in [0, 0.1) is 0 Å². The van der Waals surface area contributed by atoms with E-state index in [1.54, 1.807) is 43.1 Å². The molecule has 1 unspecified atom stereocenters. The van der Waals surface area contributed by atoms with E-state index in [1.165, 1.54) is 4.90 Å². The summed E-state index contributed by atoms with van der Waals surface area (Å²) < 4.78 is 0. The number of para-hydroxylation sites is 1. The average molecular weight is 283 g/mol. The number of carbonyl (C=O) groups is 1. The molecule has 5 heteroatoms. The second-order valence-electron chi connectivity index (χ2n) is 5.83. The van der Waals surface area contributed by atoms with Crippen LogP contribution in [0.15, 0.2) is 24.3 Å². The van der Waals surface area contributed by atoms with Crippen LogP contribution in [-0.4, -0.2) is 34.3 Å². The van der Waals surface area contributed by atoms with Crippen molar-refractivity contribution < 1.29 is 9.90 Å². The van der Waals surface area contributed by atoms with Crippen molar-refractivity contribution in [2.24, 2.45) is 0 Å². The Bertz CT molecular complexity index is 514. The largest absolute Gasteiger partial charge is 0.371 e. The zero-order valence-corrected chi connectivity index (χ0v) is 12.4. The molecule has 0 radical (unpaired) electrons. The number of nitrogens with zero attached hydrogens (tertiary/aromatic N) is 2. The minimum Gasteiger partial charge on any atom is -0.371 e. The minimum atomic E-state index is -1.27. The van der Waals surface area contributed by atoms with Crippen molar-refractivity contribution in [1.29, 1.82) is 0 Å². The van der Waals surface area contributed by atoms with Crippen LogP contribution in [0.4, 0.5) is 10.5 Å². The van der Waals surface area contributed by atoms with Crippen molar-refractivity contribution >= 4 is 23.3 Å². The van der Waals surface area contributed by atoms with Gasteiger partial charge in [-0.05, 0) is 32.9 Å². The summed E-state index contributed by atoms with van der Waals surface area (Å²) in [7, 11) is 1.74. The van der Waals surface area contributed by atoms with Gasteiger partial charge in [0.15, 0.2) is 0 Å². The number of hydrogen-bond donors (Lipinski definition) is 1. The van der Waals surface area contributed by atoms with E-state index in [-0.39, 0.29) is 6.03 Å². The number of benzene rings is 1. The van der Waals surface area contributed by atoms with Crippen molar-refractivity contribution in [3.05, 3.63) is 29.3 Å². The Balaban J connectivity index is 2.51. The van der Waals surface area contributed by atoms with Gasteiger partial charge in [-0.3, -0.25) is 4.90 Å². The highest BCUT2D eigenvalue weighted by Crippen LogP contribution is 2.40. The molecule has 1 aliphatic heterocycles. The monoisotopic (exact) mass is 282 g/mol. The van der Waals surface area contributed by atoms with Gasteiger partial charge in [-0.15, -0.1) is 0 Å². The molecule has 1 fully saturated rings. The smallest absolute Gasteiger partial charge is 0.327 e. The van der Waals surface area contributed by atoms with E-state index >= 15 is 0 Å². The van der Waals surface area contributed by atoms with Crippen molar-refractivity contribution in [2.75, 3.05) is 11.9 Å². The fourth-order valence-electron chi connectivity index (χ4n) is 2.63. The van der Waals surface area contributed by atoms with Gasteiger partial charge in [-0.25, -0.2) is 4.79 Å². The Morgan fingerprint density at radius 1 is 1.26 bits per heavy atom. The molecule has 1 saturated heterocycles. The molecule has 1 aromatic carbocycles. The third kappa shape index (κ3) is 2.30. The van der Waals surface area contributed by atoms with Crippen LogP contribution in [0.2, 0.25) is 5.02 Å². The number of halogens is 1. The van der Waals surface area contributed by atoms with Crippen molar-refractivity contribution in [3.63, 3.8) is 0 Å². The number of rotatable bonds is 1. The number of hydrogen-bond acceptors (Lipinski definition) is 2. The summed E-state index contributed by atoms with van der Waals surface area (Å²) in [6, 6.07) is 6.78. The van der Waals surface area contributed by atoms with E-state index in [0.717, 1.165) is 0 Å². The molecule has 1 N–H and O–H groups in total. The number of aliphatic hydroxyl groups is 1. The molecule has 0 spiro atoms. The van der Waals surface area contributed by atoms with Crippen LogP contribution in [0.3, 0.4) is 0 Å². The zero-order valence-electron chi connectivity index (χ0n) is 11.6. The van der Waals surface area contributed by atoms with Gasteiger partial charge in [0, 0.05) is 19.0 Å².